The van der Waals surface area contributed by atoms with E-state index in [0.29, 0.717) is 19.0 Å². The molecule has 0 heterocycles. The number of carbonyl (C=O) groups is 1. The summed E-state index contributed by atoms with van der Waals surface area (Å²) in [7, 11) is 0. The fraction of sp³-hybridized carbons (Fsp3) is 0.562. The van der Waals surface area contributed by atoms with Crippen LogP contribution in [-0.2, 0) is 5.41 Å². The average molecular weight is 276 g/mol. The van der Waals surface area contributed by atoms with Crippen LogP contribution in [0.4, 0.5) is 4.79 Å². The molecule has 0 saturated heterocycles. The standard InChI is InChI=1S/C16H24N2O2/c1-16(2)8-7-12(11-18-15(20)17-9-10-19)13-5-3-4-6-14(13)16/h3-6,12,19H,7-11H2,1-2H3,(H2,17,18,20). The van der Waals surface area contributed by atoms with Crippen molar-refractivity contribution in [1.29, 1.82) is 0 Å². The molecule has 20 heavy (non-hydrogen) atoms. The maximum absolute atomic E-state index is 11.6. The van der Waals surface area contributed by atoms with Crippen LogP contribution in [0.15, 0.2) is 24.3 Å². The van der Waals surface area contributed by atoms with Crippen LogP contribution in [0, 0.1) is 0 Å². The van der Waals surface area contributed by atoms with E-state index in [1.807, 2.05) is 0 Å². The molecular formula is C16H24N2O2. The summed E-state index contributed by atoms with van der Waals surface area (Å²) in [6, 6.07) is 8.33. The Hall–Kier alpha value is -1.55. The minimum atomic E-state index is -0.207. The molecule has 0 saturated carbocycles. The van der Waals surface area contributed by atoms with Crippen LogP contribution in [0.5, 0.6) is 0 Å². The fourth-order valence-electron chi connectivity index (χ4n) is 2.95. The Morgan fingerprint density at radius 2 is 2.10 bits per heavy atom. The molecule has 1 unspecified atom stereocenters. The van der Waals surface area contributed by atoms with Crippen molar-refractivity contribution in [2.75, 3.05) is 19.7 Å². The highest BCUT2D eigenvalue weighted by molar-refractivity contribution is 5.73. The van der Waals surface area contributed by atoms with E-state index in [0.717, 1.165) is 12.8 Å². The molecule has 2 amide bonds. The number of nitrogens with one attached hydrogen (secondary N) is 2. The molecule has 3 N–H and O–H groups in total. The van der Waals surface area contributed by atoms with Crippen LogP contribution in [-0.4, -0.2) is 30.8 Å². The van der Waals surface area contributed by atoms with Gasteiger partial charge in [-0.15, -0.1) is 0 Å². The Balaban J connectivity index is 2.02. The van der Waals surface area contributed by atoms with Gasteiger partial charge >= 0.3 is 6.03 Å². The molecule has 0 radical (unpaired) electrons. The molecular weight excluding hydrogens is 252 g/mol. The van der Waals surface area contributed by atoms with Gasteiger partial charge in [-0.2, -0.15) is 0 Å². The topological polar surface area (TPSA) is 61.4 Å². The average Bonchev–Trinajstić information content (AvgIpc) is 2.44. The molecule has 1 aliphatic rings. The molecule has 1 aromatic carbocycles. The Morgan fingerprint density at radius 3 is 2.85 bits per heavy atom. The molecule has 0 bridgehead atoms. The van der Waals surface area contributed by atoms with Gasteiger partial charge in [0.25, 0.3) is 0 Å². The molecule has 0 fully saturated rings. The maximum atomic E-state index is 11.6. The van der Waals surface area contributed by atoms with Crippen LogP contribution >= 0.6 is 0 Å². The van der Waals surface area contributed by atoms with E-state index in [1.54, 1.807) is 0 Å². The quantitative estimate of drug-likeness (QED) is 0.789. The summed E-state index contributed by atoms with van der Waals surface area (Å²) in [4.78, 5) is 11.6. The summed E-state index contributed by atoms with van der Waals surface area (Å²) in [5, 5.41) is 14.2. The molecule has 0 aromatic heterocycles. The summed E-state index contributed by atoms with van der Waals surface area (Å²) in [6.45, 7) is 5.46. The minimum Gasteiger partial charge on any atom is -0.395 e. The molecule has 4 nitrogen and oxygen atoms in total. The molecule has 0 aliphatic heterocycles. The number of hydrogen-bond acceptors (Lipinski definition) is 2. The van der Waals surface area contributed by atoms with Gasteiger partial charge in [-0.05, 0) is 29.4 Å². The third kappa shape index (κ3) is 3.31. The van der Waals surface area contributed by atoms with Crippen LogP contribution in [0.2, 0.25) is 0 Å². The van der Waals surface area contributed by atoms with Gasteiger partial charge in [0.05, 0.1) is 6.61 Å². The van der Waals surface area contributed by atoms with Crippen molar-refractivity contribution in [2.24, 2.45) is 0 Å². The summed E-state index contributed by atoms with van der Waals surface area (Å²) in [5.41, 5.74) is 2.96. The van der Waals surface area contributed by atoms with Crippen LogP contribution in [0.25, 0.3) is 0 Å². The zero-order valence-corrected chi connectivity index (χ0v) is 12.3. The first-order chi connectivity index (χ1) is 9.54. The van der Waals surface area contributed by atoms with Crippen molar-refractivity contribution >= 4 is 6.03 Å². The molecule has 0 spiro atoms. The maximum Gasteiger partial charge on any atom is 0.314 e. The second kappa shape index (κ2) is 6.27. The van der Waals surface area contributed by atoms with E-state index in [9.17, 15) is 4.79 Å². The number of aliphatic hydroxyl groups is 1. The molecule has 1 aromatic rings. The zero-order chi connectivity index (χ0) is 14.6. The predicted molar refractivity (Wildman–Crippen MR) is 79.9 cm³/mol. The zero-order valence-electron chi connectivity index (χ0n) is 12.3. The monoisotopic (exact) mass is 276 g/mol. The third-order valence-corrected chi connectivity index (χ3v) is 4.15. The number of aliphatic hydroxyl groups excluding tert-OH is 1. The van der Waals surface area contributed by atoms with Crippen LogP contribution in [0.3, 0.4) is 0 Å². The lowest BCUT2D eigenvalue weighted by Crippen LogP contribution is -2.40. The Bertz CT molecular complexity index is 471. The second-order valence-electron chi connectivity index (χ2n) is 6.07. The number of fused-ring (bicyclic) bond motifs is 1. The summed E-state index contributed by atoms with van der Waals surface area (Å²) < 4.78 is 0. The fourth-order valence-corrected chi connectivity index (χ4v) is 2.95. The Kier molecular flexibility index (Phi) is 4.65. The largest absolute Gasteiger partial charge is 0.395 e. The van der Waals surface area contributed by atoms with Crippen LogP contribution < -0.4 is 10.6 Å². The van der Waals surface area contributed by atoms with Crippen molar-refractivity contribution in [3.8, 4) is 0 Å². The third-order valence-electron chi connectivity index (χ3n) is 4.15. The second-order valence-corrected chi connectivity index (χ2v) is 6.07. The van der Waals surface area contributed by atoms with Gasteiger partial charge < -0.3 is 15.7 Å². The van der Waals surface area contributed by atoms with Gasteiger partial charge in [0.2, 0.25) is 0 Å². The van der Waals surface area contributed by atoms with Gasteiger partial charge in [0.1, 0.15) is 0 Å². The SMILES string of the molecule is CC1(C)CCC(CNC(=O)NCCO)c2ccccc21. The first-order valence-corrected chi connectivity index (χ1v) is 7.26. The lowest BCUT2D eigenvalue weighted by molar-refractivity contribution is 0.233. The van der Waals surface area contributed by atoms with Crippen molar-refractivity contribution in [1.82, 2.24) is 10.6 Å². The van der Waals surface area contributed by atoms with E-state index in [2.05, 4.69) is 48.7 Å². The smallest absolute Gasteiger partial charge is 0.314 e. The first kappa shape index (κ1) is 14.9. The highest BCUT2D eigenvalue weighted by Gasteiger charge is 2.32. The van der Waals surface area contributed by atoms with Gasteiger partial charge in [0.15, 0.2) is 0 Å². The molecule has 110 valence electrons. The van der Waals surface area contributed by atoms with Crippen molar-refractivity contribution in [3.63, 3.8) is 0 Å². The number of rotatable bonds is 4. The van der Waals surface area contributed by atoms with Gasteiger partial charge in [0, 0.05) is 19.0 Å². The molecule has 2 rings (SSSR count). The number of hydrogen-bond donors (Lipinski definition) is 3. The summed E-state index contributed by atoms with van der Waals surface area (Å²) >= 11 is 0. The normalized spacial score (nSPS) is 20.1. The van der Waals surface area contributed by atoms with Crippen molar-refractivity contribution in [2.45, 2.75) is 38.0 Å². The van der Waals surface area contributed by atoms with E-state index >= 15 is 0 Å². The van der Waals surface area contributed by atoms with Gasteiger partial charge in [-0.1, -0.05) is 38.1 Å². The highest BCUT2D eigenvalue weighted by atomic mass is 16.3. The van der Waals surface area contributed by atoms with E-state index in [4.69, 9.17) is 5.11 Å². The number of benzene rings is 1. The Labute approximate surface area is 120 Å². The molecule has 4 heteroatoms. The summed E-state index contributed by atoms with van der Waals surface area (Å²) in [6.07, 6.45) is 2.22. The lowest BCUT2D eigenvalue weighted by Gasteiger charge is -2.37. The highest BCUT2D eigenvalue weighted by Crippen LogP contribution is 2.41. The van der Waals surface area contributed by atoms with E-state index < -0.39 is 0 Å². The molecule has 1 atom stereocenters. The van der Waals surface area contributed by atoms with Gasteiger partial charge in [-0.3, -0.25) is 0 Å². The van der Waals surface area contributed by atoms with E-state index in [-0.39, 0.29) is 18.1 Å². The van der Waals surface area contributed by atoms with Crippen molar-refractivity contribution in [3.05, 3.63) is 35.4 Å². The summed E-state index contributed by atoms with van der Waals surface area (Å²) in [5.74, 6) is 0.374. The van der Waals surface area contributed by atoms with Crippen LogP contribution in [0.1, 0.15) is 43.7 Å². The number of amides is 2. The lowest BCUT2D eigenvalue weighted by atomic mass is 9.69. The van der Waals surface area contributed by atoms with Crippen molar-refractivity contribution < 1.29 is 9.90 Å². The minimum absolute atomic E-state index is 0.0339. The Morgan fingerprint density at radius 1 is 1.35 bits per heavy atom. The van der Waals surface area contributed by atoms with E-state index in [1.165, 1.54) is 11.1 Å². The van der Waals surface area contributed by atoms with Gasteiger partial charge in [-0.25, -0.2) is 4.79 Å². The predicted octanol–water partition coefficient (Wildman–Crippen LogP) is 2.13. The number of carbonyl (C=O) groups excluding carboxylic acids is 1. The number of urea groups is 1. The first-order valence-electron chi connectivity index (χ1n) is 7.26. The molecule has 1 aliphatic carbocycles.